The van der Waals surface area contributed by atoms with Crippen LogP contribution in [0.3, 0.4) is 0 Å². The van der Waals surface area contributed by atoms with Gasteiger partial charge in [0, 0.05) is 37.1 Å². The molecule has 1 N–H and O–H groups in total. The van der Waals surface area contributed by atoms with Gasteiger partial charge in [-0.3, -0.25) is 4.79 Å². The fourth-order valence-corrected chi connectivity index (χ4v) is 3.75. The summed E-state index contributed by atoms with van der Waals surface area (Å²) in [6.45, 7) is 3.09. The van der Waals surface area contributed by atoms with Crippen molar-refractivity contribution in [2.45, 2.75) is 37.8 Å². The SMILES string of the molecule is O=C(CC1COCCN1)N1CCCCC1c1nccs1. The molecule has 110 valence electrons. The Morgan fingerprint density at radius 1 is 1.55 bits per heavy atom. The van der Waals surface area contributed by atoms with Crippen LogP contribution in [-0.4, -0.2) is 48.1 Å². The van der Waals surface area contributed by atoms with Gasteiger partial charge in [0.05, 0.1) is 19.3 Å². The predicted molar refractivity (Wildman–Crippen MR) is 77.6 cm³/mol. The molecule has 2 atom stereocenters. The van der Waals surface area contributed by atoms with Gasteiger partial charge in [-0.2, -0.15) is 0 Å². The van der Waals surface area contributed by atoms with Crippen molar-refractivity contribution in [1.82, 2.24) is 15.2 Å². The highest BCUT2D eigenvalue weighted by Gasteiger charge is 2.31. The first kappa shape index (κ1) is 14.0. The minimum absolute atomic E-state index is 0.162. The maximum atomic E-state index is 12.6. The van der Waals surface area contributed by atoms with Crippen LogP contribution in [0.25, 0.3) is 0 Å². The molecule has 2 unspecified atom stereocenters. The van der Waals surface area contributed by atoms with Crippen molar-refractivity contribution in [3.8, 4) is 0 Å². The van der Waals surface area contributed by atoms with Crippen molar-refractivity contribution in [2.24, 2.45) is 0 Å². The van der Waals surface area contributed by atoms with Crippen molar-refractivity contribution in [2.75, 3.05) is 26.3 Å². The quantitative estimate of drug-likeness (QED) is 0.920. The number of nitrogens with zero attached hydrogens (tertiary/aromatic N) is 2. The average Bonchev–Trinajstić information content (AvgIpc) is 3.02. The minimum atomic E-state index is 0.162. The second kappa shape index (κ2) is 6.65. The van der Waals surface area contributed by atoms with E-state index in [4.69, 9.17) is 4.74 Å². The zero-order valence-corrected chi connectivity index (χ0v) is 12.4. The number of piperidine rings is 1. The Labute approximate surface area is 123 Å². The molecule has 0 bridgehead atoms. The Balaban J connectivity index is 1.64. The van der Waals surface area contributed by atoms with E-state index in [1.165, 1.54) is 6.42 Å². The van der Waals surface area contributed by atoms with Gasteiger partial charge in [0.2, 0.25) is 5.91 Å². The Morgan fingerprint density at radius 3 is 3.25 bits per heavy atom. The highest BCUT2D eigenvalue weighted by Crippen LogP contribution is 2.32. The molecule has 5 nitrogen and oxygen atoms in total. The summed E-state index contributed by atoms with van der Waals surface area (Å²) in [4.78, 5) is 19.0. The lowest BCUT2D eigenvalue weighted by atomic mass is 10.0. The largest absolute Gasteiger partial charge is 0.378 e. The number of hydrogen-bond acceptors (Lipinski definition) is 5. The van der Waals surface area contributed by atoms with Crippen LogP contribution in [0, 0.1) is 0 Å². The molecule has 2 fully saturated rings. The molecule has 0 aromatic carbocycles. The number of aromatic nitrogens is 1. The first-order valence-electron chi connectivity index (χ1n) is 7.34. The summed E-state index contributed by atoms with van der Waals surface area (Å²) >= 11 is 1.65. The molecule has 1 aromatic rings. The van der Waals surface area contributed by atoms with E-state index < -0.39 is 0 Å². The van der Waals surface area contributed by atoms with Gasteiger partial charge >= 0.3 is 0 Å². The fourth-order valence-electron chi connectivity index (χ4n) is 2.96. The summed E-state index contributed by atoms with van der Waals surface area (Å²) in [7, 11) is 0. The van der Waals surface area contributed by atoms with E-state index in [1.54, 1.807) is 11.3 Å². The van der Waals surface area contributed by atoms with E-state index in [0.717, 1.165) is 37.5 Å². The molecule has 20 heavy (non-hydrogen) atoms. The van der Waals surface area contributed by atoms with Crippen molar-refractivity contribution in [3.63, 3.8) is 0 Å². The van der Waals surface area contributed by atoms with Gasteiger partial charge in [0.25, 0.3) is 0 Å². The molecule has 2 aliphatic rings. The Morgan fingerprint density at radius 2 is 2.50 bits per heavy atom. The van der Waals surface area contributed by atoms with Crippen LogP contribution >= 0.6 is 11.3 Å². The Kier molecular flexibility index (Phi) is 4.65. The van der Waals surface area contributed by atoms with Gasteiger partial charge in [-0.25, -0.2) is 4.98 Å². The van der Waals surface area contributed by atoms with Crippen LogP contribution in [-0.2, 0) is 9.53 Å². The number of nitrogens with one attached hydrogen (secondary N) is 1. The van der Waals surface area contributed by atoms with E-state index in [1.807, 2.05) is 16.5 Å². The number of rotatable bonds is 3. The maximum Gasteiger partial charge on any atom is 0.224 e. The smallest absolute Gasteiger partial charge is 0.224 e. The predicted octanol–water partition coefficient (Wildman–Crippen LogP) is 1.58. The van der Waals surface area contributed by atoms with Crippen LogP contribution in [0.4, 0.5) is 0 Å². The van der Waals surface area contributed by atoms with Crippen LogP contribution in [0.2, 0.25) is 0 Å². The summed E-state index contributed by atoms with van der Waals surface area (Å²) < 4.78 is 5.43. The van der Waals surface area contributed by atoms with Gasteiger partial charge in [-0.15, -0.1) is 11.3 Å². The third-order valence-electron chi connectivity index (χ3n) is 3.98. The third-order valence-corrected chi connectivity index (χ3v) is 4.86. The second-order valence-electron chi connectivity index (χ2n) is 5.40. The fraction of sp³-hybridized carbons (Fsp3) is 0.714. The van der Waals surface area contributed by atoms with E-state index in [0.29, 0.717) is 13.0 Å². The first-order chi connectivity index (χ1) is 9.84. The molecule has 1 aromatic heterocycles. The van der Waals surface area contributed by atoms with Gasteiger partial charge in [-0.1, -0.05) is 0 Å². The summed E-state index contributed by atoms with van der Waals surface area (Å²) in [6, 6.07) is 0.343. The normalized spacial score (nSPS) is 27.5. The molecular formula is C14H21N3O2S. The molecule has 2 saturated heterocycles. The lowest BCUT2D eigenvalue weighted by molar-refractivity contribution is -0.136. The van der Waals surface area contributed by atoms with Gasteiger partial charge in [0.1, 0.15) is 5.01 Å². The molecule has 0 spiro atoms. The summed E-state index contributed by atoms with van der Waals surface area (Å²) in [5, 5.41) is 6.42. The van der Waals surface area contributed by atoms with Gasteiger partial charge in [-0.05, 0) is 19.3 Å². The van der Waals surface area contributed by atoms with Crippen LogP contribution in [0.15, 0.2) is 11.6 Å². The number of morpholine rings is 1. The summed E-state index contributed by atoms with van der Waals surface area (Å²) in [6.07, 6.45) is 5.67. The number of amides is 1. The van der Waals surface area contributed by atoms with Crippen LogP contribution < -0.4 is 5.32 Å². The van der Waals surface area contributed by atoms with Crippen LogP contribution in [0.1, 0.15) is 36.7 Å². The zero-order valence-electron chi connectivity index (χ0n) is 11.6. The number of carbonyl (C=O) groups is 1. The number of likely N-dealkylation sites (tertiary alicyclic amines) is 1. The standard InChI is InChI=1S/C14H21N3O2S/c18-13(9-11-10-19-7-4-15-11)17-6-2-1-3-12(17)14-16-5-8-20-14/h5,8,11-12,15H,1-4,6-7,9-10H2. The molecule has 0 aliphatic carbocycles. The van der Waals surface area contributed by atoms with Crippen molar-refractivity contribution in [1.29, 1.82) is 0 Å². The lowest BCUT2D eigenvalue weighted by Crippen LogP contribution is -2.46. The average molecular weight is 295 g/mol. The number of carbonyl (C=O) groups excluding carboxylic acids is 1. The van der Waals surface area contributed by atoms with Crippen molar-refractivity contribution < 1.29 is 9.53 Å². The minimum Gasteiger partial charge on any atom is -0.378 e. The first-order valence-corrected chi connectivity index (χ1v) is 8.22. The molecule has 6 heteroatoms. The Bertz CT molecular complexity index is 432. The van der Waals surface area contributed by atoms with Crippen molar-refractivity contribution in [3.05, 3.63) is 16.6 Å². The van der Waals surface area contributed by atoms with Crippen molar-refractivity contribution >= 4 is 17.2 Å². The third kappa shape index (κ3) is 3.19. The molecule has 0 saturated carbocycles. The van der Waals surface area contributed by atoms with E-state index in [9.17, 15) is 4.79 Å². The topological polar surface area (TPSA) is 54.5 Å². The number of thiazole rings is 1. The number of ether oxygens (including phenoxy) is 1. The highest BCUT2D eigenvalue weighted by molar-refractivity contribution is 7.09. The summed E-state index contributed by atoms with van der Waals surface area (Å²) in [5.74, 6) is 0.230. The molecular weight excluding hydrogens is 274 g/mol. The monoisotopic (exact) mass is 295 g/mol. The molecule has 3 heterocycles. The second-order valence-corrected chi connectivity index (χ2v) is 6.33. The highest BCUT2D eigenvalue weighted by atomic mass is 32.1. The zero-order chi connectivity index (χ0) is 13.8. The van der Waals surface area contributed by atoms with Gasteiger partial charge in [0.15, 0.2) is 0 Å². The molecule has 3 rings (SSSR count). The van der Waals surface area contributed by atoms with Gasteiger partial charge < -0.3 is 15.0 Å². The molecule has 1 amide bonds. The van der Waals surface area contributed by atoms with E-state index in [2.05, 4.69) is 10.3 Å². The lowest BCUT2D eigenvalue weighted by Gasteiger charge is -2.36. The summed E-state index contributed by atoms with van der Waals surface area (Å²) in [5.41, 5.74) is 0. The van der Waals surface area contributed by atoms with E-state index >= 15 is 0 Å². The Hall–Kier alpha value is -0.980. The van der Waals surface area contributed by atoms with Crippen LogP contribution in [0.5, 0.6) is 0 Å². The maximum absolute atomic E-state index is 12.6. The van der Waals surface area contributed by atoms with E-state index in [-0.39, 0.29) is 18.0 Å². The molecule has 0 radical (unpaired) electrons. The number of hydrogen-bond donors (Lipinski definition) is 1. The molecule has 2 aliphatic heterocycles.